The van der Waals surface area contributed by atoms with Gasteiger partial charge in [-0.15, -0.1) is 0 Å². The number of nitrogens with zero attached hydrogens (tertiary/aromatic N) is 1. The normalized spacial score (nSPS) is 25.2. The van der Waals surface area contributed by atoms with Crippen LogP contribution in [0, 0.1) is 5.92 Å². The second-order valence-electron chi connectivity index (χ2n) is 7.51. The fraction of sp³-hybridized carbons (Fsp3) is 0.476. The first-order chi connectivity index (χ1) is 14.5. The Bertz CT molecular complexity index is 927. The van der Waals surface area contributed by atoms with Gasteiger partial charge < -0.3 is 24.4 Å². The third-order valence-corrected chi connectivity index (χ3v) is 5.88. The summed E-state index contributed by atoms with van der Waals surface area (Å²) in [5, 5.41) is 5.70. The van der Waals surface area contributed by atoms with Crippen molar-refractivity contribution in [2.75, 3.05) is 27.4 Å². The molecular weight excluding hydrogens is 390 g/mol. The van der Waals surface area contributed by atoms with E-state index in [0.717, 1.165) is 12.8 Å². The van der Waals surface area contributed by atoms with Gasteiger partial charge in [0.15, 0.2) is 0 Å². The summed E-state index contributed by atoms with van der Waals surface area (Å²) in [5.74, 6) is -1.15. The Morgan fingerprint density at radius 2 is 2.00 bits per heavy atom. The second-order valence-corrected chi connectivity index (χ2v) is 7.51. The number of amides is 3. The van der Waals surface area contributed by atoms with Gasteiger partial charge in [-0.1, -0.05) is 19.4 Å². The fourth-order valence-corrected chi connectivity index (χ4v) is 4.43. The van der Waals surface area contributed by atoms with E-state index in [1.54, 1.807) is 30.2 Å². The molecule has 3 aliphatic rings. The molecule has 3 aliphatic heterocycles. The summed E-state index contributed by atoms with van der Waals surface area (Å²) >= 11 is 0. The standard InChI is InChI=1S/C21H25N3O6/c1-4-5-8-24-18-17(19(25)23-21(24)27)15(16-13(22-18)10-30-20(16)26)12-7-6-11(28-2)9-14(12)29-3/h6-7,9,15,17-18,22H,4-5,8,10H2,1-3H3,(H,23,25,27). The number of rotatable bonds is 6. The van der Waals surface area contributed by atoms with E-state index in [-0.39, 0.29) is 6.61 Å². The molecule has 30 heavy (non-hydrogen) atoms. The van der Waals surface area contributed by atoms with E-state index in [1.807, 2.05) is 6.92 Å². The Labute approximate surface area is 174 Å². The lowest BCUT2D eigenvalue weighted by Crippen LogP contribution is -2.67. The number of cyclic esters (lactones) is 1. The van der Waals surface area contributed by atoms with Gasteiger partial charge in [0, 0.05) is 24.1 Å². The maximum atomic E-state index is 13.0. The number of methoxy groups -OCH3 is 2. The number of esters is 1. The van der Waals surface area contributed by atoms with Gasteiger partial charge in [0.25, 0.3) is 0 Å². The highest BCUT2D eigenvalue weighted by molar-refractivity contribution is 6.02. The van der Waals surface area contributed by atoms with Crippen molar-refractivity contribution in [3.63, 3.8) is 0 Å². The maximum Gasteiger partial charge on any atom is 0.336 e. The van der Waals surface area contributed by atoms with Crippen molar-refractivity contribution in [3.8, 4) is 11.5 Å². The molecule has 1 saturated heterocycles. The quantitative estimate of drug-likeness (QED) is 0.678. The topological polar surface area (TPSA) is 106 Å². The van der Waals surface area contributed by atoms with E-state index in [2.05, 4.69) is 10.6 Å². The summed E-state index contributed by atoms with van der Waals surface area (Å²) in [7, 11) is 3.08. The van der Waals surface area contributed by atoms with Crippen molar-refractivity contribution in [2.24, 2.45) is 5.92 Å². The highest BCUT2D eigenvalue weighted by Crippen LogP contribution is 2.47. The zero-order chi connectivity index (χ0) is 21.4. The van der Waals surface area contributed by atoms with Crippen LogP contribution in [0.1, 0.15) is 31.2 Å². The number of imide groups is 1. The lowest BCUT2D eigenvalue weighted by molar-refractivity contribution is -0.136. The Kier molecular flexibility index (Phi) is 5.27. The number of benzene rings is 1. The minimum atomic E-state index is -0.716. The summed E-state index contributed by atoms with van der Waals surface area (Å²) in [6, 6.07) is 4.84. The van der Waals surface area contributed by atoms with Crippen molar-refractivity contribution >= 4 is 17.9 Å². The van der Waals surface area contributed by atoms with Gasteiger partial charge in [0.2, 0.25) is 5.91 Å². The van der Waals surface area contributed by atoms with Crippen molar-refractivity contribution in [1.29, 1.82) is 0 Å². The van der Waals surface area contributed by atoms with Crippen molar-refractivity contribution in [3.05, 3.63) is 35.0 Å². The van der Waals surface area contributed by atoms with Crippen LogP contribution in [-0.2, 0) is 14.3 Å². The molecule has 3 amide bonds. The van der Waals surface area contributed by atoms with E-state index in [1.165, 1.54) is 7.11 Å². The molecule has 9 heteroatoms. The lowest BCUT2D eigenvalue weighted by atomic mass is 9.74. The summed E-state index contributed by atoms with van der Waals surface area (Å²) in [4.78, 5) is 39.8. The zero-order valence-corrected chi connectivity index (χ0v) is 17.2. The number of carbonyl (C=O) groups excluding carboxylic acids is 3. The molecule has 0 aliphatic carbocycles. The zero-order valence-electron chi connectivity index (χ0n) is 17.2. The van der Waals surface area contributed by atoms with E-state index in [4.69, 9.17) is 14.2 Å². The molecule has 3 unspecified atom stereocenters. The number of ether oxygens (including phenoxy) is 3. The van der Waals surface area contributed by atoms with Crippen molar-refractivity contribution in [2.45, 2.75) is 31.8 Å². The van der Waals surface area contributed by atoms with Crippen LogP contribution in [0.25, 0.3) is 0 Å². The monoisotopic (exact) mass is 415 g/mol. The third kappa shape index (κ3) is 3.14. The molecule has 1 aromatic rings. The summed E-state index contributed by atoms with van der Waals surface area (Å²) in [6.45, 7) is 2.62. The second kappa shape index (κ2) is 7.89. The van der Waals surface area contributed by atoms with Crippen LogP contribution in [0.4, 0.5) is 4.79 Å². The molecule has 1 aromatic carbocycles. The molecule has 3 heterocycles. The molecule has 0 saturated carbocycles. The molecule has 1 fully saturated rings. The first-order valence-electron chi connectivity index (χ1n) is 10.00. The first kappa shape index (κ1) is 20.1. The third-order valence-electron chi connectivity index (χ3n) is 5.88. The Balaban J connectivity index is 1.85. The Morgan fingerprint density at radius 1 is 1.20 bits per heavy atom. The van der Waals surface area contributed by atoms with Crippen LogP contribution in [0.2, 0.25) is 0 Å². The van der Waals surface area contributed by atoms with Crippen LogP contribution in [0.5, 0.6) is 11.5 Å². The van der Waals surface area contributed by atoms with E-state index < -0.39 is 35.9 Å². The minimum absolute atomic E-state index is 0.0871. The molecular formula is C21H25N3O6. The van der Waals surface area contributed by atoms with Gasteiger partial charge in [-0.3, -0.25) is 10.1 Å². The predicted molar refractivity (Wildman–Crippen MR) is 106 cm³/mol. The van der Waals surface area contributed by atoms with Crippen molar-refractivity contribution in [1.82, 2.24) is 15.5 Å². The summed E-state index contributed by atoms with van der Waals surface area (Å²) < 4.78 is 16.1. The smallest absolute Gasteiger partial charge is 0.336 e. The Hall–Kier alpha value is -3.23. The van der Waals surface area contributed by atoms with Crippen LogP contribution >= 0.6 is 0 Å². The van der Waals surface area contributed by atoms with Gasteiger partial charge in [-0.05, 0) is 12.5 Å². The van der Waals surface area contributed by atoms with Crippen LogP contribution in [-0.4, -0.2) is 56.3 Å². The van der Waals surface area contributed by atoms with Gasteiger partial charge in [-0.2, -0.15) is 0 Å². The molecule has 4 rings (SSSR count). The number of carbonyl (C=O) groups is 3. The molecule has 0 spiro atoms. The fourth-order valence-electron chi connectivity index (χ4n) is 4.43. The van der Waals surface area contributed by atoms with Crippen LogP contribution in [0.15, 0.2) is 29.5 Å². The number of nitrogens with one attached hydrogen (secondary N) is 2. The van der Waals surface area contributed by atoms with E-state index in [9.17, 15) is 14.4 Å². The van der Waals surface area contributed by atoms with Crippen LogP contribution < -0.4 is 20.1 Å². The van der Waals surface area contributed by atoms with E-state index >= 15 is 0 Å². The highest BCUT2D eigenvalue weighted by Gasteiger charge is 2.54. The number of hydrogen-bond donors (Lipinski definition) is 2. The average molecular weight is 415 g/mol. The van der Waals surface area contributed by atoms with Gasteiger partial charge >= 0.3 is 12.0 Å². The largest absolute Gasteiger partial charge is 0.497 e. The molecule has 9 nitrogen and oxygen atoms in total. The SMILES string of the molecule is CCCCN1C(=O)NC(=O)C2C(c3ccc(OC)cc3OC)C3=C(COC3=O)NC21. The number of fused-ring (bicyclic) bond motifs is 1. The number of hydrogen-bond acceptors (Lipinski definition) is 7. The molecule has 0 aromatic heterocycles. The predicted octanol–water partition coefficient (Wildman–Crippen LogP) is 1.50. The van der Waals surface area contributed by atoms with Crippen molar-refractivity contribution < 1.29 is 28.6 Å². The Morgan fingerprint density at radius 3 is 2.70 bits per heavy atom. The molecule has 160 valence electrons. The average Bonchev–Trinajstić information content (AvgIpc) is 3.12. The summed E-state index contributed by atoms with van der Waals surface area (Å²) in [6.07, 6.45) is 1.12. The first-order valence-corrected chi connectivity index (χ1v) is 10.00. The van der Waals surface area contributed by atoms with E-state index in [0.29, 0.717) is 34.9 Å². The van der Waals surface area contributed by atoms with Gasteiger partial charge in [0.05, 0.1) is 31.4 Å². The molecule has 3 atom stereocenters. The number of unbranched alkanes of at least 4 members (excludes halogenated alkanes) is 1. The van der Waals surface area contributed by atoms with Crippen LogP contribution in [0.3, 0.4) is 0 Å². The molecule has 0 radical (unpaired) electrons. The maximum absolute atomic E-state index is 13.0. The molecule has 0 bridgehead atoms. The number of urea groups is 1. The van der Waals surface area contributed by atoms with Gasteiger partial charge in [0.1, 0.15) is 24.3 Å². The summed E-state index contributed by atoms with van der Waals surface area (Å²) in [5.41, 5.74) is 1.67. The molecule has 2 N–H and O–H groups in total. The van der Waals surface area contributed by atoms with Gasteiger partial charge in [-0.25, -0.2) is 9.59 Å². The minimum Gasteiger partial charge on any atom is -0.497 e. The lowest BCUT2D eigenvalue weighted by Gasteiger charge is -2.46. The highest BCUT2D eigenvalue weighted by atomic mass is 16.5.